The quantitative estimate of drug-likeness (QED) is 0.712. The molecule has 2 heteroatoms. The van der Waals surface area contributed by atoms with Crippen molar-refractivity contribution in [2.24, 2.45) is 5.73 Å². The maximum atomic E-state index is 6.14. The van der Waals surface area contributed by atoms with Gasteiger partial charge < -0.3 is 10.3 Å². The molecule has 2 nitrogen and oxygen atoms in total. The number of aryl methyl sites for hydroxylation is 2. The van der Waals surface area contributed by atoms with Crippen molar-refractivity contribution in [2.75, 3.05) is 0 Å². The van der Waals surface area contributed by atoms with Crippen LogP contribution < -0.4 is 5.73 Å². The molecular formula is C18H26N2. The van der Waals surface area contributed by atoms with E-state index in [1.807, 2.05) is 0 Å². The van der Waals surface area contributed by atoms with Gasteiger partial charge in [0.1, 0.15) is 0 Å². The Balaban J connectivity index is 1.72. The summed E-state index contributed by atoms with van der Waals surface area (Å²) in [6, 6.07) is 13.1. The molecule has 0 saturated carbocycles. The molecule has 0 radical (unpaired) electrons. The second-order valence-corrected chi connectivity index (χ2v) is 5.52. The highest BCUT2D eigenvalue weighted by atomic mass is 14.9. The Hall–Kier alpha value is -1.54. The Morgan fingerprint density at radius 3 is 2.65 bits per heavy atom. The lowest BCUT2D eigenvalue weighted by Gasteiger charge is -2.07. The van der Waals surface area contributed by atoms with Crippen LogP contribution in [0.1, 0.15) is 49.8 Å². The molecule has 0 fully saturated rings. The van der Waals surface area contributed by atoms with Crippen molar-refractivity contribution in [3.8, 4) is 0 Å². The minimum Gasteiger partial charge on any atom is -0.354 e. The first-order valence-corrected chi connectivity index (χ1v) is 7.74. The van der Waals surface area contributed by atoms with Crippen molar-refractivity contribution < 1.29 is 0 Å². The minimum absolute atomic E-state index is 0.200. The van der Waals surface area contributed by atoms with Crippen molar-refractivity contribution in [1.29, 1.82) is 0 Å². The van der Waals surface area contributed by atoms with E-state index in [-0.39, 0.29) is 6.04 Å². The lowest BCUT2D eigenvalue weighted by molar-refractivity contribution is 0.602. The van der Waals surface area contributed by atoms with Crippen LogP contribution in [0.5, 0.6) is 0 Å². The van der Waals surface area contributed by atoms with E-state index in [1.54, 1.807) is 0 Å². The van der Waals surface area contributed by atoms with Gasteiger partial charge in [-0.2, -0.15) is 0 Å². The van der Waals surface area contributed by atoms with E-state index in [9.17, 15) is 0 Å². The fourth-order valence-corrected chi connectivity index (χ4v) is 2.56. The van der Waals surface area contributed by atoms with Crippen molar-refractivity contribution in [1.82, 2.24) is 4.57 Å². The number of unbranched alkanes of at least 4 members (excludes halogenated alkanes) is 1. The van der Waals surface area contributed by atoms with Gasteiger partial charge in [0.2, 0.25) is 0 Å². The molecule has 1 atom stereocenters. The molecule has 20 heavy (non-hydrogen) atoms. The number of hydrogen-bond donors (Lipinski definition) is 1. The summed E-state index contributed by atoms with van der Waals surface area (Å²) in [7, 11) is 0. The molecule has 1 unspecified atom stereocenters. The number of aromatic nitrogens is 1. The van der Waals surface area contributed by atoms with Crippen molar-refractivity contribution in [2.45, 2.75) is 51.6 Å². The monoisotopic (exact) mass is 270 g/mol. The molecule has 1 aromatic carbocycles. The number of nitrogens with two attached hydrogens (primary N) is 1. The van der Waals surface area contributed by atoms with Crippen LogP contribution in [0.25, 0.3) is 0 Å². The number of nitrogens with zero attached hydrogens (tertiary/aromatic N) is 1. The zero-order valence-electron chi connectivity index (χ0n) is 12.5. The van der Waals surface area contributed by atoms with Crippen molar-refractivity contribution in [3.05, 3.63) is 59.9 Å². The second kappa shape index (κ2) is 7.91. The topological polar surface area (TPSA) is 30.9 Å². The van der Waals surface area contributed by atoms with Gasteiger partial charge in [0, 0.05) is 25.0 Å². The summed E-state index contributed by atoms with van der Waals surface area (Å²) >= 11 is 0. The summed E-state index contributed by atoms with van der Waals surface area (Å²) in [4.78, 5) is 0. The maximum absolute atomic E-state index is 6.14. The molecule has 0 aliphatic rings. The summed E-state index contributed by atoms with van der Waals surface area (Å²) in [5.41, 5.74) is 8.85. The number of rotatable bonds is 8. The second-order valence-electron chi connectivity index (χ2n) is 5.52. The Kier molecular flexibility index (Phi) is 5.87. The molecule has 2 N–H and O–H groups in total. The largest absolute Gasteiger partial charge is 0.354 e. The predicted octanol–water partition coefficient (Wildman–Crippen LogP) is 4.31. The molecule has 0 amide bonds. The molecule has 1 heterocycles. The molecule has 2 aromatic rings. The van der Waals surface area contributed by atoms with Crippen LogP contribution in [0.15, 0.2) is 48.8 Å². The Labute approximate surface area is 122 Å². The third-order valence-electron chi connectivity index (χ3n) is 3.78. The van der Waals surface area contributed by atoms with Crippen LogP contribution in [0.2, 0.25) is 0 Å². The third-order valence-corrected chi connectivity index (χ3v) is 3.78. The van der Waals surface area contributed by atoms with Gasteiger partial charge in [-0.25, -0.2) is 0 Å². The van der Waals surface area contributed by atoms with E-state index in [0.717, 1.165) is 19.4 Å². The molecule has 0 aliphatic carbocycles. The average Bonchev–Trinajstić information content (AvgIpc) is 2.94. The summed E-state index contributed by atoms with van der Waals surface area (Å²) in [6.07, 6.45) is 10.2. The van der Waals surface area contributed by atoms with Crippen LogP contribution in [-0.2, 0) is 13.0 Å². The average molecular weight is 270 g/mol. The maximum Gasteiger partial charge on any atom is 0.0309 e. The molecule has 2 rings (SSSR count). The highest BCUT2D eigenvalue weighted by molar-refractivity contribution is 5.15. The predicted molar refractivity (Wildman–Crippen MR) is 85.6 cm³/mol. The summed E-state index contributed by atoms with van der Waals surface area (Å²) in [6.45, 7) is 3.27. The molecule has 0 aliphatic heterocycles. The van der Waals surface area contributed by atoms with Crippen LogP contribution >= 0.6 is 0 Å². The first kappa shape index (κ1) is 14.9. The number of benzene rings is 1. The van der Waals surface area contributed by atoms with Crippen molar-refractivity contribution in [3.63, 3.8) is 0 Å². The standard InChI is InChI=1S/C18H26N2/c1-2-8-18(19)17-12-14-20(15-17)13-7-6-11-16-9-4-3-5-10-16/h3-5,9-10,12,14-15,18H,2,6-8,11,13,19H2,1H3. The zero-order chi connectivity index (χ0) is 14.2. The third kappa shape index (κ3) is 4.53. The van der Waals surface area contributed by atoms with Crippen molar-refractivity contribution >= 4 is 0 Å². The minimum atomic E-state index is 0.200. The molecule has 0 bridgehead atoms. The van der Waals surface area contributed by atoms with E-state index >= 15 is 0 Å². The van der Waals surface area contributed by atoms with Gasteiger partial charge in [0.05, 0.1) is 0 Å². The van der Waals surface area contributed by atoms with Gasteiger partial charge in [0.15, 0.2) is 0 Å². The smallest absolute Gasteiger partial charge is 0.0309 e. The van der Waals surface area contributed by atoms with E-state index in [1.165, 1.54) is 30.4 Å². The zero-order valence-corrected chi connectivity index (χ0v) is 12.5. The Morgan fingerprint density at radius 2 is 1.90 bits per heavy atom. The Morgan fingerprint density at radius 1 is 1.10 bits per heavy atom. The summed E-state index contributed by atoms with van der Waals surface area (Å²) < 4.78 is 2.27. The molecule has 1 aromatic heterocycles. The van der Waals surface area contributed by atoms with E-state index in [2.05, 4.69) is 60.3 Å². The van der Waals surface area contributed by atoms with Gasteiger partial charge in [-0.05, 0) is 42.9 Å². The number of hydrogen-bond acceptors (Lipinski definition) is 1. The van der Waals surface area contributed by atoms with Gasteiger partial charge in [-0.15, -0.1) is 0 Å². The first-order chi connectivity index (χ1) is 9.79. The molecule has 0 spiro atoms. The lowest BCUT2D eigenvalue weighted by atomic mass is 10.1. The highest BCUT2D eigenvalue weighted by Crippen LogP contribution is 2.16. The van der Waals surface area contributed by atoms with E-state index in [4.69, 9.17) is 5.73 Å². The van der Waals surface area contributed by atoms with Crippen LogP contribution in [0, 0.1) is 0 Å². The molecule has 0 saturated heterocycles. The molecule has 108 valence electrons. The van der Waals surface area contributed by atoms with E-state index in [0.29, 0.717) is 0 Å². The highest BCUT2D eigenvalue weighted by Gasteiger charge is 2.06. The Bertz CT molecular complexity index is 487. The summed E-state index contributed by atoms with van der Waals surface area (Å²) in [5, 5.41) is 0. The lowest BCUT2D eigenvalue weighted by Crippen LogP contribution is -2.08. The van der Waals surface area contributed by atoms with Gasteiger partial charge >= 0.3 is 0 Å². The normalized spacial score (nSPS) is 12.5. The van der Waals surface area contributed by atoms with E-state index < -0.39 is 0 Å². The van der Waals surface area contributed by atoms with Gasteiger partial charge in [0.25, 0.3) is 0 Å². The SMILES string of the molecule is CCCC(N)c1ccn(CCCCc2ccccc2)c1. The fourth-order valence-electron chi connectivity index (χ4n) is 2.56. The first-order valence-electron chi connectivity index (χ1n) is 7.74. The van der Waals surface area contributed by atoms with Crippen LogP contribution in [0.3, 0.4) is 0 Å². The summed E-state index contributed by atoms with van der Waals surface area (Å²) in [5.74, 6) is 0. The van der Waals surface area contributed by atoms with Crippen LogP contribution in [0.4, 0.5) is 0 Å². The van der Waals surface area contributed by atoms with Crippen LogP contribution in [-0.4, -0.2) is 4.57 Å². The fraction of sp³-hybridized carbons (Fsp3) is 0.444. The van der Waals surface area contributed by atoms with Gasteiger partial charge in [-0.1, -0.05) is 43.7 Å². The molecular weight excluding hydrogens is 244 g/mol. The van der Waals surface area contributed by atoms with Gasteiger partial charge in [-0.3, -0.25) is 0 Å².